The van der Waals surface area contributed by atoms with Crippen molar-refractivity contribution in [2.24, 2.45) is 11.8 Å². The van der Waals surface area contributed by atoms with Crippen LogP contribution in [0.4, 0.5) is 0 Å². The van der Waals surface area contributed by atoms with E-state index in [1.54, 1.807) is 0 Å². The van der Waals surface area contributed by atoms with Gasteiger partial charge in [0.25, 0.3) is 0 Å². The Hall–Kier alpha value is -0.610. The van der Waals surface area contributed by atoms with Crippen LogP contribution in [0, 0.1) is 11.8 Å². The second kappa shape index (κ2) is 3.46. The highest BCUT2D eigenvalue weighted by atomic mass is 16.4. The summed E-state index contributed by atoms with van der Waals surface area (Å²) >= 11 is 0. The summed E-state index contributed by atoms with van der Waals surface area (Å²) in [4.78, 5) is 15.3. The van der Waals surface area contributed by atoms with Crippen LogP contribution >= 0.6 is 0 Å². The summed E-state index contributed by atoms with van der Waals surface area (Å²) in [6.45, 7) is 4.66. The summed E-state index contributed by atoms with van der Waals surface area (Å²) in [5.41, 5.74) is 0. The van der Waals surface area contributed by atoms with Gasteiger partial charge < -0.3 is 5.11 Å². The zero-order chi connectivity index (χ0) is 10.4. The lowest BCUT2D eigenvalue weighted by molar-refractivity contribution is -0.138. The molecule has 0 aromatic carbocycles. The number of hydrogen-bond acceptors (Lipinski definition) is 3. The quantitative estimate of drug-likeness (QED) is 0.717. The van der Waals surface area contributed by atoms with Crippen LogP contribution in [0.5, 0.6) is 0 Å². The maximum atomic E-state index is 10.6. The lowest BCUT2D eigenvalue weighted by Crippen LogP contribution is -2.33. The van der Waals surface area contributed by atoms with Gasteiger partial charge in [0.15, 0.2) is 0 Å². The summed E-state index contributed by atoms with van der Waals surface area (Å²) in [5.74, 6) is 0.795. The maximum Gasteiger partial charge on any atom is 0.317 e. The first-order valence-electron chi connectivity index (χ1n) is 5.90. The normalized spacial score (nSPS) is 37.1. The van der Waals surface area contributed by atoms with Crippen molar-refractivity contribution in [1.82, 2.24) is 9.80 Å². The molecule has 2 aliphatic heterocycles. The Labute approximate surface area is 89.8 Å². The van der Waals surface area contributed by atoms with E-state index in [4.69, 9.17) is 5.11 Å². The molecular formula is C11H18N2O2. The van der Waals surface area contributed by atoms with Gasteiger partial charge in [-0.3, -0.25) is 14.6 Å². The van der Waals surface area contributed by atoms with Crippen LogP contribution in [0.25, 0.3) is 0 Å². The lowest BCUT2D eigenvalue weighted by atomic mass is 10.0. The molecule has 0 spiro atoms. The number of rotatable bonds is 3. The third kappa shape index (κ3) is 1.88. The monoisotopic (exact) mass is 210 g/mol. The second-order valence-corrected chi connectivity index (χ2v) is 5.29. The van der Waals surface area contributed by atoms with E-state index < -0.39 is 5.97 Å². The molecule has 2 unspecified atom stereocenters. The Kier molecular flexibility index (Phi) is 2.21. The minimum absolute atomic E-state index is 0.233. The van der Waals surface area contributed by atoms with Crippen LogP contribution < -0.4 is 0 Å². The highest BCUT2D eigenvalue weighted by molar-refractivity contribution is 5.69. The maximum absolute atomic E-state index is 10.6. The van der Waals surface area contributed by atoms with Gasteiger partial charge in [-0.25, -0.2) is 0 Å². The van der Waals surface area contributed by atoms with E-state index in [9.17, 15) is 4.79 Å². The molecule has 0 aromatic rings. The summed E-state index contributed by atoms with van der Waals surface area (Å²) in [6.07, 6.45) is 2.77. The Morgan fingerprint density at radius 2 is 1.73 bits per heavy atom. The number of carboxylic acids is 1. The molecule has 0 bridgehead atoms. The molecule has 0 amide bonds. The van der Waals surface area contributed by atoms with Crippen molar-refractivity contribution in [1.29, 1.82) is 0 Å². The molecule has 84 valence electrons. The van der Waals surface area contributed by atoms with Gasteiger partial charge in [0.2, 0.25) is 0 Å². The number of fused-ring (bicyclic) bond motifs is 1. The molecular weight excluding hydrogens is 192 g/mol. The highest BCUT2D eigenvalue weighted by Crippen LogP contribution is 2.37. The third-order valence-corrected chi connectivity index (χ3v) is 4.01. The fourth-order valence-electron chi connectivity index (χ4n) is 3.18. The second-order valence-electron chi connectivity index (χ2n) is 5.29. The van der Waals surface area contributed by atoms with Crippen LogP contribution in [0.15, 0.2) is 0 Å². The van der Waals surface area contributed by atoms with E-state index in [-0.39, 0.29) is 6.54 Å². The fraction of sp³-hybridized carbons (Fsp3) is 0.909. The standard InChI is InChI=1S/C11H18N2O2/c14-11(15)7-12-3-8-5-13(10-1-2-10)6-9(8)4-12/h8-10H,1-7H2,(H,14,15). The number of likely N-dealkylation sites (tertiary alicyclic amines) is 2. The molecule has 2 heterocycles. The predicted molar refractivity (Wildman–Crippen MR) is 55.7 cm³/mol. The van der Waals surface area contributed by atoms with Crippen molar-refractivity contribution in [2.45, 2.75) is 18.9 Å². The van der Waals surface area contributed by atoms with Crippen molar-refractivity contribution in [3.05, 3.63) is 0 Å². The van der Waals surface area contributed by atoms with Crippen molar-refractivity contribution in [3.8, 4) is 0 Å². The summed E-state index contributed by atoms with van der Waals surface area (Å²) in [6, 6.07) is 0.878. The molecule has 0 aromatic heterocycles. The topological polar surface area (TPSA) is 43.8 Å². The Balaban J connectivity index is 1.54. The predicted octanol–water partition coefficient (Wildman–Crippen LogP) is 0.0970. The number of nitrogens with zero attached hydrogens (tertiary/aromatic N) is 2. The first-order chi connectivity index (χ1) is 7.22. The van der Waals surface area contributed by atoms with Gasteiger partial charge >= 0.3 is 5.97 Å². The van der Waals surface area contributed by atoms with E-state index in [0.29, 0.717) is 0 Å². The molecule has 2 atom stereocenters. The molecule has 15 heavy (non-hydrogen) atoms. The first-order valence-corrected chi connectivity index (χ1v) is 5.90. The molecule has 4 nitrogen and oxygen atoms in total. The molecule has 1 aliphatic carbocycles. The van der Waals surface area contributed by atoms with Gasteiger partial charge in [-0.15, -0.1) is 0 Å². The van der Waals surface area contributed by atoms with Gasteiger partial charge in [-0.2, -0.15) is 0 Å². The Morgan fingerprint density at radius 1 is 1.13 bits per heavy atom. The van der Waals surface area contributed by atoms with Crippen LogP contribution in [0.2, 0.25) is 0 Å². The Bertz CT molecular complexity index is 264. The van der Waals surface area contributed by atoms with Gasteiger partial charge in [-0.05, 0) is 24.7 Å². The third-order valence-electron chi connectivity index (χ3n) is 4.01. The zero-order valence-electron chi connectivity index (χ0n) is 8.93. The van der Waals surface area contributed by atoms with E-state index in [1.807, 2.05) is 0 Å². The van der Waals surface area contributed by atoms with E-state index >= 15 is 0 Å². The van der Waals surface area contributed by atoms with Crippen LogP contribution in [-0.4, -0.2) is 59.6 Å². The van der Waals surface area contributed by atoms with Crippen molar-refractivity contribution >= 4 is 5.97 Å². The van der Waals surface area contributed by atoms with Crippen LogP contribution in [0.1, 0.15) is 12.8 Å². The largest absolute Gasteiger partial charge is 0.480 e. The number of hydrogen-bond donors (Lipinski definition) is 1. The van der Waals surface area contributed by atoms with E-state index in [1.165, 1.54) is 25.9 Å². The molecule has 1 N–H and O–H groups in total. The summed E-state index contributed by atoms with van der Waals surface area (Å²) < 4.78 is 0. The van der Waals surface area contributed by atoms with E-state index in [2.05, 4.69) is 9.80 Å². The molecule has 0 radical (unpaired) electrons. The van der Waals surface area contributed by atoms with E-state index in [0.717, 1.165) is 31.0 Å². The first kappa shape index (κ1) is 9.60. The molecule has 3 fully saturated rings. The minimum Gasteiger partial charge on any atom is -0.480 e. The van der Waals surface area contributed by atoms with Crippen molar-refractivity contribution in [2.75, 3.05) is 32.7 Å². The zero-order valence-corrected chi connectivity index (χ0v) is 8.93. The number of carbonyl (C=O) groups is 1. The van der Waals surface area contributed by atoms with Crippen molar-refractivity contribution < 1.29 is 9.90 Å². The van der Waals surface area contributed by atoms with Gasteiger partial charge in [0.1, 0.15) is 0 Å². The Morgan fingerprint density at radius 3 is 2.20 bits per heavy atom. The highest BCUT2D eigenvalue weighted by Gasteiger charge is 2.44. The molecule has 1 saturated carbocycles. The average molecular weight is 210 g/mol. The number of aliphatic carboxylic acids is 1. The minimum atomic E-state index is -0.686. The van der Waals surface area contributed by atoms with Gasteiger partial charge in [-0.1, -0.05) is 0 Å². The van der Waals surface area contributed by atoms with Crippen LogP contribution in [-0.2, 0) is 4.79 Å². The summed E-state index contributed by atoms with van der Waals surface area (Å²) in [5, 5.41) is 8.74. The van der Waals surface area contributed by atoms with Crippen molar-refractivity contribution in [3.63, 3.8) is 0 Å². The molecule has 2 saturated heterocycles. The molecule has 3 aliphatic rings. The SMILES string of the molecule is O=C(O)CN1CC2CN(C3CC3)CC2C1. The summed E-state index contributed by atoms with van der Waals surface area (Å²) in [7, 11) is 0. The average Bonchev–Trinajstić information content (AvgIpc) is 2.81. The number of carboxylic acid groups (broad SMARTS) is 1. The molecule has 4 heteroatoms. The smallest absolute Gasteiger partial charge is 0.317 e. The lowest BCUT2D eigenvalue weighted by Gasteiger charge is -2.19. The molecule has 3 rings (SSSR count). The van der Waals surface area contributed by atoms with Gasteiger partial charge in [0.05, 0.1) is 6.54 Å². The fourth-order valence-corrected chi connectivity index (χ4v) is 3.18. The van der Waals surface area contributed by atoms with Crippen LogP contribution in [0.3, 0.4) is 0 Å². The van der Waals surface area contributed by atoms with Gasteiger partial charge in [0, 0.05) is 32.2 Å².